The first-order valence-electron chi connectivity index (χ1n) is 8.57. The van der Waals surface area contributed by atoms with Gasteiger partial charge in [0.05, 0.1) is 18.5 Å². The highest BCUT2D eigenvalue weighted by atomic mass is 16.6. The molecular weight excluding hydrogens is 332 g/mol. The molecule has 2 rings (SSSR count). The summed E-state index contributed by atoms with van der Waals surface area (Å²) in [5, 5.41) is 0.888. The third kappa shape index (κ3) is 4.94. The Morgan fingerprint density at radius 1 is 1.23 bits per heavy atom. The Morgan fingerprint density at radius 3 is 2.50 bits per heavy atom. The minimum Gasteiger partial charge on any atom is -0.497 e. The van der Waals surface area contributed by atoms with Crippen LogP contribution in [-0.2, 0) is 14.3 Å². The molecule has 0 saturated carbocycles. The first-order valence-corrected chi connectivity index (χ1v) is 8.57. The fourth-order valence-corrected chi connectivity index (χ4v) is 2.80. The van der Waals surface area contributed by atoms with E-state index in [2.05, 4.69) is 4.98 Å². The van der Waals surface area contributed by atoms with Crippen LogP contribution >= 0.6 is 0 Å². The Bertz CT molecular complexity index is 824. The van der Waals surface area contributed by atoms with E-state index in [1.165, 1.54) is 0 Å². The highest BCUT2D eigenvalue weighted by Crippen LogP contribution is 2.30. The largest absolute Gasteiger partial charge is 0.497 e. The van der Waals surface area contributed by atoms with Crippen molar-refractivity contribution < 1.29 is 19.1 Å². The van der Waals surface area contributed by atoms with Crippen molar-refractivity contribution in [2.45, 2.75) is 52.1 Å². The molecule has 0 saturated heterocycles. The van der Waals surface area contributed by atoms with Gasteiger partial charge in [-0.05, 0) is 57.9 Å². The van der Waals surface area contributed by atoms with Crippen molar-refractivity contribution in [3.8, 4) is 5.75 Å². The van der Waals surface area contributed by atoms with Gasteiger partial charge in [0.25, 0.3) is 0 Å². The first-order chi connectivity index (χ1) is 12.1. The minimum absolute atomic E-state index is 0.101. The van der Waals surface area contributed by atoms with Crippen LogP contribution in [-0.4, -0.2) is 29.6 Å². The number of hydrogen-bond acceptors (Lipinski definition) is 5. The van der Waals surface area contributed by atoms with Gasteiger partial charge in [-0.1, -0.05) is 0 Å². The van der Waals surface area contributed by atoms with Gasteiger partial charge in [-0.2, -0.15) is 0 Å². The lowest BCUT2D eigenvalue weighted by Gasteiger charge is -2.25. The van der Waals surface area contributed by atoms with Gasteiger partial charge in [-0.15, -0.1) is 0 Å². The number of ether oxygens (including phenoxy) is 2. The normalized spacial score (nSPS) is 12.7. The second-order valence-electron chi connectivity index (χ2n) is 7.31. The molecule has 26 heavy (non-hydrogen) atoms. The van der Waals surface area contributed by atoms with E-state index in [4.69, 9.17) is 15.2 Å². The molecule has 1 amide bonds. The van der Waals surface area contributed by atoms with Gasteiger partial charge in [0, 0.05) is 23.6 Å². The lowest BCUT2D eigenvalue weighted by atomic mass is 9.91. The van der Waals surface area contributed by atoms with Crippen LogP contribution < -0.4 is 10.5 Å². The maximum Gasteiger partial charge on any atom is 0.314 e. The average molecular weight is 358 g/mol. The summed E-state index contributed by atoms with van der Waals surface area (Å²) < 4.78 is 10.8. The van der Waals surface area contributed by atoms with Crippen LogP contribution in [0.5, 0.6) is 5.75 Å². The topological polar surface area (TPSA) is 91.5 Å². The van der Waals surface area contributed by atoms with Crippen molar-refractivity contribution in [1.29, 1.82) is 0 Å². The number of methoxy groups -OCH3 is 1. The smallest absolute Gasteiger partial charge is 0.314 e. The van der Waals surface area contributed by atoms with Crippen molar-refractivity contribution in [1.82, 2.24) is 4.98 Å². The zero-order valence-electron chi connectivity index (χ0n) is 16.0. The molecule has 1 atom stereocenters. The molecule has 1 heterocycles. The molecule has 0 aliphatic heterocycles. The monoisotopic (exact) mass is 358 g/mol. The van der Waals surface area contributed by atoms with Crippen molar-refractivity contribution in [3.63, 3.8) is 0 Å². The fraction of sp³-hybridized carbons (Fsp3) is 0.450. The number of primary amides is 1. The van der Waals surface area contributed by atoms with E-state index >= 15 is 0 Å². The molecule has 1 aromatic carbocycles. The number of aromatic nitrogens is 1. The number of aryl methyl sites for hydroxylation is 1. The molecule has 2 aromatic rings. The molecule has 6 nitrogen and oxygen atoms in total. The number of nitrogens with zero attached hydrogens (tertiary/aromatic N) is 1. The lowest BCUT2D eigenvalue weighted by molar-refractivity contribution is -0.157. The van der Waals surface area contributed by atoms with Crippen LogP contribution in [0.1, 0.15) is 50.8 Å². The van der Waals surface area contributed by atoms with Gasteiger partial charge in [0.15, 0.2) is 0 Å². The van der Waals surface area contributed by atoms with Gasteiger partial charge < -0.3 is 15.2 Å². The molecule has 140 valence electrons. The summed E-state index contributed by atoms with van der Waals surface area (Å²) >= 11 is 0. The van der Waals surface area contributed by atoms with E-state index < -0.39 is 17.4 Å². The summed E-state index contributed by atoms with van der Waals surface area (Å²) in [6.45, 7) is 7.28. The van der Waals surface area contributed by atoms with Crippen LogP contribution in [0.2, 0.25) is 0 Å². The van der Waals surface area contributed by atoms with Crippen LogP contribution in [0.15, 0.2) is 24.3 Å². The number of amides is 1. The van der Waals surface area contributed by atoms with Gasteiger partial charge in [-0.3, -0.25) is 14.6 Å². The molecule has 1 unspecified atom stereocenters. The molecule has 1 aromatic heterocycles. The summed E-state index contributed by atoms with van der Waals surface area (Å²) in [7, 11) is 1.60. The Kier molecular flexibility index (Phi) is 5.85. The van der Waals surface area contributed by atoms with Gasteiger partial charge in [0.2, 0.25) is 5.91 Å². The summed E-state index contributed by atoms with van der Waals surface area (Å²) in [4.78, 5) is 28.6. The van der Waals surface area contributed by atoms with E-state index in [-0.39, 0.29) is 18.8 Å². The molecule has 2 N–H and O–H groups in total. The Morgan fingerprint density at radius 2 is 1.92 bits per heavy atom. The molecule has 0 fully saturated rings. The molecule has 0 radical (unpaired) electrons. The number of esters is 1. The number of fused-ring (bicyclic) bond motifs is 1. The number of nitrogens with two attached hydrogens (primary N) is 1. The maximum absolute atomic E-state index is 12.7. The van der Waals surface area contributed by atoms with Crippen molar-refractivity contribution in [2.75, 3.05) is 7.11 Å². The molecule has 0 aliphatic rings. The highest BCUT2D eigenvalue weighted by Gasteiger charge is 2.28. The maximum atomic E-state index is 12.7. The van der Waals surface area contributed by atoms with E-state index in [1.54, 1.807) is 7.11 Å². The summed E-state index contributed by atoms with van der Waals surface area (Å²) in [6.07, 6.45) is 0.387. The van der Waals surface area contributed by atoms with Crippen molar-refractivity contribution in [2.24, 2.45) is 5.73 Å². The average Bonchev–Trinajstić information content (AvgIpc) is 2.52. The van der Waals surface area contributed by atoms with Crippen molar-refractivity contribution >= 4 is 22.8 Å². The zero-order chi connectivity index (χ0) is 19.5. The second-order valence-corrected chi connectivity index (χ2v) is 7.31. The number of hydrogen-bond donors (Lipinski definition) is 1. The van der Waals surface area contributed by atoms with Crippen LogP contribution in [0, 0.1) is 6.92 Å². The van der Waals surface area contributed by atoms with E-state index in [1.807, 2.05) is 52.0 Å². The molecule has 6 heteroatoms. The minimum atomic E-state index is -0.617. The third-order valence-electron chi connectivity index (χ3n) is 4.00. The molecule has 0 aliphatic carbocycles. The molecule has 0 spiro atoms. The van der Waals surface area contributed by atoms with E-state index in [0.717, 1.165) is 22.2 Å². The number of carbonyl (C=O) groups excluding carboxylic acids is 2. The number of benzene rings is 1. The second kappa shape index (κ2) is 7.72. The van der Waals surface area contributed by atoms with Crippen LogP contribution in [0.4, 0.5) is 0 Å². The zero-order valence-corrected chi connectivity index (χ0v) is 16.0. The quantitative estimate of drug-likeness (QED) is 0.800. The number of carbonyl (C=O) groups is 2. The van der Waals surface area contributed by atoms with Crippen molar-refractivity contribution in [3.05, 3.63) is 35.5 Å². The Labute approximate surface area is 153 Å². The van der Waals surface area contributed by atoms with E-state index in [9.17, 15) is 9.59 Å². The molecule has 0 bridgehead atoms. The number of rotatable bonds is 6. The van der Waals surface area contributed by atoms with Gasteiger partial charge in [-0.25, -0.2) is 0 Å². The lowest BCUT2D eigenvalue weighted by Crippen LogP contribution is -2.29. The van der Waals surface area contributed by atoms with Crippen LogP contribution in [0.3, 0.4) is 0 Å². The fourth-order valence-electron chi connectivity index (χ4n) is 2.80. The van der Waals surface area contributed by atoms with Gasteiger partial charge >= 0.3 is 5.97 Å². The van der Waals surface area contributed by atoms with Gasteiger partial charge in [0.1, 0.15) is 11.4 Å². The Balaban J connectivity index is 2.46. The standard InChI is InChI=1S/C20H26N2O4/c1-12-16(10-13-6-7-14(25-5)11-17(13)22-12)15(8-9-18(21)23)19(24)26-20(2,3)4/h6-7,10-11,15H,8-9H2,1-5H3,(H2,21,23). The highest BCUT2D eigenvalue weighted by molar-refractivity contribution is 5.85. The SMILES string of the molecule is COc1ccc2cc(C(CCC(N)=O)C(=O)OC(C)(C)C)c(C)nc2c1. The molecular formula is C20H26N2O4. The predicted octanol–water partition coefficient (Wildman–Crippen LogP) is 3.24. The first kappa shape index (κ1) is 19.7. The predicted molar refractivity (Wildman–Crippen MR) is 100 cm³/mol. The third-order valence-corrected chi connectivity index (χ3v) is 4.00. The van der Waals surface area contributed by atoms with E-state index in [0.29, 0.717) is 5.69 Å². The summed E-state index contributed by atoms with van der Waals surface area (Å²) in [5.41, 5.74) is 6.91. The summed E-state index contributed by atoms with van der Waals surface area (Å²) in [6, 6.07) is 7.50. The van der Waals surface area contributed by atoms with Crippen LogP contribution in [0.25, 0.3) is 10.9 Å². The Hall–Kier alpha value is -2.63. The summed E-state index contributed by atoms with van der Waals surface area (Å²) in [5.74, 6) is -0.707. The number of pyridine rings is 1.